The Morgan fingerprint density at radius 2 is 1.75 bits per heavy atom. The quantitative estimate of drug-likeness (QED) is 0.716. The first kappa shape index (κ1) is 11.3. The molecule has 0 unspecified atom stereocenters. The number of benzene rings is 1. The highest BCUT2D eigenvalue weighted by Gasteiger charge is 2.31. The van der Waals surface area contributed by atoms with Crippen molar-refractivity contribution in [3.63, 3.8) is 0 Å². The first-order chi connectivity index (χ1) is 7.54. The highest BCUT2D eigenvalue weighted by molar-refractivity contribution is 5.74. The molecule has 0 N–H and O–H groups in total. The second-order valence-electron chi connectivity index (χ2n) is 5.27. The maximum Gasteiger partial charge on any atom is 0.118 e. The number of hydrogen-bond donors (Lipinski definition) is 0. The number of ether oxygens (including phenoxy) is 1. The first-order valence-electron chi connectivity index (χ1n) is 5.89. The molecule has 1 aliphatic carbocycles. The number of hydrogen-bond acceptors (Lipinski definition) is 1. The monoisotopic (exact) mass is 216 g/mol. The van der Waals surface area contributed by atoms with E-state index in [-0.39, 0.29) is 0 Å². The van der Waals surface area contributed by atoms with Crippen molar-refractivity contribution in [3.8, 4) is 5.75 Å². The van der Waals surface area contributed by atoms with Crippen LogP contribution in [0, 0.1) is 5.41 Å². The molecule has 1 nitrogen and oxygen atoms in total. The lowest BCUT2D eigenvalue weighted by molar-refractivity contribution is 0.414. The molecule has 0 atom stereocenters. The number of methoxy groups -OCH3 is 1. The van der Waals surface area contributed by atoms with E-state index in [2.05, 4.69) is 32.9 Å². The molecule has 86 valence electrons. The second-order valence-corrected chi connectivity index (χ2v) is 5.27. The zero-order valence-electron chi connectivity index (χ0n) is 10.6. The number of rotatable bonds is 2. The Bertz CT molecular complexity index is 410. The lowest BCUT2D eigenvalue weighted by Crippen LogP contribution is -2.08. The third-order valence-corrected chi connectivity index (χ3v) is 3.61. The first-order valence-corrected chi connectivity index (χ1v) is 5.89. The van der Waals surface area contributed by atoms with Crippen LogP contribution in [0.5, 0.6) is 5.75 Å². The minimum absolute atomic E-state index is 0.318. The van der Waals surface area contributed by atoms with Crippen LogP contribution in [-0.4, -0.2) is 7.11 Å². The third kappa shape index (κ3) is 1.87. The molecule has 0 fully saturated rings. The van der Waals surface area contributed by atoms with Gasteiger partial charge < -0.3 is 4.74 Å². The normalized spacial score (nSPS) is 19.0. The molecule has 0 aliphatic heterocycles. The Kier molecular flexibility index (Phi) is 2.79. The summed E-state index contributed by atoms with van der Waals surface area (Å²) in [6.45, 7) is 6.93. The van der Waals surface area contributed by atoms with E-state index in [1.807, 2.05) is 12.1 Å². The summed E-state index contributed by atoms with van der Waals surface area (Å²) in [6.07, 6.45) is 2.49. The van der Waals surface area contributed by atoms with E-state index in [0.29, 0.717) is 5.41 Å². The maximum absolute atomic E-state index is 5.19. The van der Waals surface area contributed by atoms with Gasteiger partial charge in [0.15, 0.2) is 0 Å². The molecule has 0 saturated carbocycles. The van der Waals surface area contributed by atoms with E-state index in [4.69, 9.17) is 4.74 Å². The second kappa shape index (κ2) is 3.97. The van der Waals surface area contributed by atoms with Gasteiger partial charge in [0, 0.05) is 0 Å². The van der Waals surface area contributed by atoms with Crippen molar-refractivity contribution < 1.29 is 4.74 Å². The average Bonchev–Trinajstić information content (AvgIpc) is 2.53. The topological polar surface area (TPSA) is 9.23 Å². The summed E-state index contributed by atoms with van der Waals surface area (Å²) in [5, 5.41) is 0. The zero-order valence-corrected chi connectivity index (χ0v) is 10.6. The van der Waals surface area contributed by atoms with Crippen LogP contribution < -0.4 is 4.74 Å². The third-order valence-electron chi connectivity index (χ3n) is 3.61. The minimum Gasteiger partial charge on any atom is -0.497 e. The predicted molar refractivity (Wildman–Crippen MR) is 68.6 cm³/mol. The lowest BCUT2D eigenvalue weighted by atomic mass is 9.81. The van der Waals surface area contributed by atoms with Gasteiger partial charge in [-0.15, -0.1) is 0 Å². The molecular formula is C15H20O. The van der Waals surface area contributed by atoms with Gasteiger partial charge in [-0.25, -0.2) is 0 Å². The molecule has 1 heteroatoms. The Balaban J connectivity index is 2.40. The maximum atomic E-state index is 5.19. The van der Waals surface area contributed by atoms with Crippen LogP contribution in [-0.2, 0) is 0 Å². The van der Waals surface area contributed by atoms with E-state index in [1.54, 1.807) is 7.11 Å². The van der Waals surface area contributed by atoms with Crippen molar-refractivity contribution in [3.05, 3.63) is 35.4 Å². The molecule has 1 aromatic rings. The van der Waals surface area contributed by atoms with E-state index < -0.39 is 0 Å². The molecule has 1 aliphatic rings. The van der Waals surface area contributed by atoms with Gasteiger partial charge in [0.25, 0.3) is 0 Å². The van der Waals surface area contributed by atoms with Gasteiger partial charge in [-0.2, -0.15) is 0 Å². The summed E-state index contributed by atoms with van der Waals surface area (Å²) in [6, 6.07) is 8.43. The van der Waals surface area contributed by atoms with E-state index >= 15 is 0 Å². The Morgan fingerprint density at radius 1 is 1.12 bits per heavy atom. The van der Waals surface area contributed by atoms with Crippen molar-refractivity contribution in [1.82, 2.24) is 0 Å². The Labute approximate surface area is 98.1 Å². The van der Waals surface area contributed by atoms with Gasteiger partial charge >= 0.3 is 0 Å². The fourth-order valence-electron chi connectivity index (χ4n) is 2.72. The van der Waals surface area contributed by atoms with Gasteiger partial charge in [-0.1, -0.05) is 31.6 Å². The molecule has 0 bridgehead atoms. The molecule has 0 amide bonds. The molecule has 1 aromatic carbocycles. The molecule has 0 radical (unpaired) electrons. The fourth-order valence-corrected chi connectivity index (χ4v) is 2.72. The highest BCUT2D eigenvalue weighted by Crippen LogP contribution is 2.47. The van der Waals surface area contributed by atoms with Crippen LogP contribution in [0.3, 0.4) is 0 Å². The van der Waals surface area contributed by atoms with Crippen LogP contribution in [0.15, 0.2) is 29.8 Å². The van der Waals surface area contributed by atoms with Crippen LogP contribution in [0.2, 0.25) is 0 Å². The predicted octanol–water partition coefficient (Wildman–Crippen LogP) is 4.29. The highest BCUT2D eigenvalue weighted by atomic mass is 16.5. The number of allylic oxidation sites excluding steroid dienone is 2. The summed E-state index contributed by atoms with van der Waals surface area (Å²) < 4.78 is 5.19. The van der Waals surface area contributed by atoms with Gasteiger partial charge in [0.1, 0.15) is 5.75 Å². The van der Waals surface area contributed by atoms with Crippen LogP contribution in [0.25, 0.3) is 5.57 Å². The van der Waals surface area contributed by atoms with Gasteiger partial charge in [-0.3, -0.25) is 0 Å². The van der Waals surface area contributed by atoms with Crippen molar-refractivity contribution in [1.29, 1.82) is 0 Å². The lowest BCUT2D eigenvalue weighted by Gasteiger charge is -2.23. The SMILES string of the molecule is COc1ccc(C2=C(C)CCC2(C)C)cc1. The summed E-state index contributed by atoms with van der Waals surface area (Å²) in [5.41, 5.74) is 4.73. The molecule has 2 rings (SSSR count). The van der Waals surface area contributed by atoms with Crippen molar-refractivity contribution in [2.45, 2.75) is 33.6 Å². The van der Waals surface area contributed by atoms with Crippen molar-refractivity contribution in [2.24, 2.45) is 5.41 Å². The summed E-state index contributed by atoms with van der Waals surface area (Å²) in [7, 11) is 1.71. The summed E-state index contributed by atoms with van der Waals surface area (Å²) >= 11 is 0. The van der Waals surface area contributed by atoms with E-state index in [0.717, 1.165) is 5.75 Å². The molecule has 0 aromatic heterocycles. The van der Waals surface area contributed by atoms with Gasteiger partial charge in [0.2, 0.25) is 0 Å². The summed E-state index contributed by atoms with van der Waals surface area (Å²) in [5.74, 6) is 0.929. The molecular weight excluding hydrogens is 196 g/mol. The van der Waals surface area contributed by atoms with Crippen LogP contribution >= 0.6 is 0 Å². The molecule has 16 heavy (non-hydrogen) atoms. The molecule has 0 heterocycles. The van der Waals surface area contributed by atoms with Crippen molar-refractivity contribution >= 4 is 5.57 Å². The molecule has 0 saturated heterocycles. The zero-order chi connectivity index (χ0) is 11.8. The average molecular weight is 216 g/mol. The largest absolute Gasteiger partial charge is 0.497 e. The van der Waals surface area contributed by atoms with Crippen LogP contribution in [0.1, 0.15) is 39.2 Å². The standard InChI is InChI=1S/C15H20O/c1-11-9-10-15(2,3)14(11)12-5-7-13(16-4)8-6-12/h5-8H,9-10H2,1-4H3. The van der Waals surface area contributed by atoms with E-state index in [9.17, 15) is 0 Å². The van der Waals surface area contributed by atoms with E-state index in [1.165, 1.54) is 29.6 Å². The molecule has 0 spiro atoms. The smallest absolute Gasteiger partial charge is 0.118 e. The van der Waals surface area contributed by atoms with Crippen LogP contribution in [0.4, 0.5) is 0 Å². The fraction of sp³-hybridized carbons (Fsp3) is 0.467. The Morgan fingerprint density at radius 3 is 2.19 bits per heavy atom. The van der Waals surface area contributed by atoms with Crippen molar-refractivity contribution in [2.75, 3.05) is 7.11 Å². The minimum atomic E-state index is 0.318. The Hall–Kier alpha value is -1.24. The van der Waals surface area contributed by atoms with Gasteiger partial charge in [0.05, 0.1) is 7.11 Å². The summed E-state index contributed by atoms with van der Waals surface area (Å²) in [4.78, 5) is 0. The van der Waals surface area contributed by atoms with Gasteiger partial charge in [-0.05, 0) is 48.4 Å².